The second-order valence-corrected chi connectivity index (χ2v) is 7.48. The third kappa shape index (κ3) is 3.79. The lowest BCUT2D eigenvalue weighted by atomic mass is 10.0. The van der Waals surface area contributed by atoms with Crippen molar-refractivity contribution in [3.63, 3.8) is 0 Å². The number of aromatic hydroxyl groups is 1. The Morgan fingerprint density at radius 2 is 2.10 bits per heavy atom. The van der Waals surface area contributed by atoms with E-state index in [0.717, 1.165) is 44.6 Å². The number of hydrogen-bond acceptors (Lipinski definition) is 7. The van der Waals surface area contributed by atoms with Crippen molar-refractivity contribution < 1.29 is 22.8 Å². The number of phenolic OH excluding ortho intramolecular Hbond substituents is 1. The SMILES string of the molecule is CCN1CCC[C@@H](Nc2nnc(-c3ccc(C(F)(F)F)cc3O)c3onc(C)c23)C1. The molecule has 0 spiro atoms. The van der Waals surface area contributed by atoms with E-state index in [1.165, 1.54) is 0 Å². The molecule has 3 aromatic rings. The summed E-state index contributed by atoms with van der Waals surface area (Å²) in [5.74, 6) is -0.0390. The maximum Gasteiger partial charge on any atom is 0.416 e. The fraction of sp³-hybridized carbons (Fsp3) is 0.450. The Morgan fingerprint density at radius 3 is 2.80 bits per heavy atom. The molecule has 1 fully saturated rings. The molecule has 0 amide bonds. The number of halogens is 3. The van der Waals surface area contributed by atoms with Gasteiger partial charge in [0, 0.05) is 18.2 Å². The Hall–Kier alpha value is -2.88. The largest absolute Gasteiger partial charge is 0.507 e. The first-order valence-corrected chi connectivity index (χ1v) is 9.80. The normalized spacial score (nSPS) is 18.1. The molecule has 10 heteroatoms. The van der Waals surface area contributed by atoms with Crippen LogP contribution in [0.15, 0.2) is 22.7 Å². The van der Waals surface area contributed by atoms with E-state index in [4.69, 9.17) is 4.52 Å². The van der Waals surface area contributed by atoms with Crippen LogP contribution >= 0.6 is 0 Å². The molecule has 1 saturated heterocycles. The molecule has 0 unspecified atom stereocenters. The zero-order chi connectivity index (χ0) is 21.5. The molecule has 0 bridgehead atoms. The third-order valence-electron chi connectivity index (χ3n) is 5.44. The van der Waals surface area contributed by atoms with Crippen LogP contribution in [0.4, 0.5) is 19.0 Å². The van der Waals surface area contributed by atoms with Crippen molar-refractivity contribution in [3.05, 3.63) is 29.5 Å². The van der Waals surface area contributed by atoms with Gasteiger partial charge < -0.3 is 19.8 Å². The number of likely N-dealkylation sites (tertiary alicyclic amines) is 1. The van der Waals surface area contributed by atoms with Gasteiger partial charge in [-0.15, -0.1) is 10.2 Å². The minimum atomic E-state index is -4.56. The van der Waals surface area contributed by atoms with Crippen molar-refractivity contribution in [1.82, 2.24) is 20.3 Å². The minimum absolute atomic E-state index is 0.0954. The van der Waals surface area contributed by atoms with Gasteiger partial charge in [-0.1, -0.05) is 12.1 Å². The van der Waals surface area contributed by atoms with Gasteiger partial charge in [-0.05, 0) is 51.1 Å². The van der Waals surface area contributed by atoms with E-state index in [-0.39, 0.29) is 22.9 Å². The average molecular weight is 421 g/mol. The lowest BCUT2D eigenvalue weighted by molar-refractivity contribution is -0.137. The molecule has 1 aromatic carbocycles. The van der Waals surface area contributed by atoms with Gasteiger partial charge in [0.05, 0.1) is 16.6 Å². The van der Waals surface area contributed by atoms with Crippen molar-refractivity contribution in [3.8, 4) is 17.0 Å². The molecule has 4 rings (SSSR count). The number of anilines is 1. The summed E-state index contributed by atoms with van der Waals surface area (Å²) in [5, 5.41) is 26.6. The minimum Gasteiger partial charge on any atom is -0.507 e. The first kappa shape index (κ1) is 20.4. The quantitative estimate of drug-likeness (QED) is 0.652. The molecule has 30 heavy (non-hydrogen) atoms. The summed E-state index contributed by atoms with van der Waals surface area (Å²) in [6.07, 6.45) is -2.49. The van der Waals surface area contributed by atoms with Crippen molar-refractivity contribution in [2.45, 2.75) is 38.9 Å². The van der Waals surface area contributed by atoms with Gasteiger partial charge in [-0.25, -0.2) is 0 Å². The Bertz CT molecular complexity index is 1070. The first-order chi connectivity index (χ1) is 14.3. The van der Waals surface area contributed by atoms with Gasteiger partial charge in [0.15, 0.2) is 11.4 Å². The van der Waals surface area contributed by atoms with Crippen LogP contribution in [0.1, 0.15) is 31.0 Å². The number of nitrogens with one attached hydrogen (secondary N) is 1. The summed E-state index contributed by atoms with van der Waals surface area (Å²) in [4.78, 5) is 2.35. The van der Waals surface area contributed by atoms with E-state index in [2.05, 4.69) is 32.5 Å². The predicted octanol–water partition coefficient (Wildman–Crippen LogP) is 4.21. The molecule has 1 atom stereocenters. The summed E-state index contributed by atoms with van der Waals surface area (Å²) in [5.41, 5.74) is 0.137. The zero-order valence-electron chi connectivity index (χ0n) is 16.6. The van der Waals surface area contributed by atoms with Crippen molar-refractivity contribution in [2.24, 2.45) is 0 Å². The van der Waals surface area contributed by atoms with Crippen LogP contribution < -0.4 is 5.32 Å². The van der Waals surface area contributed by atoms with Crippen LogP contribution in [0.3, 0.4) is 0 Å². The number of rotatable bonds is 4. The highest BCUT2D eigenvalue weighted by Crippen LogP contribution is 2.39. The number of phenols is 1. The van der Waals surface area contributed by atoms with Gasteiger partial charge in [0.1, 0.15) is 11.4 Å². The maximum atomic E-state index is 12.9. The molecule has 7 nitrogen and oxygen atoms in total. The van der Waals surface area contributed by atoms with E-state index in [0.29, 0.717) is 23.0 Å². The van der Waals surface area contributed by atoms with Gasteiger partial charge in [0.2, 0.25) is 0 Å². The maximum absolute atomic E-state index is 12.9. The molecule has 160 valence electrons. The smallest absolute Gasteiger partial charge is 0.416 e. The number of alkyl halides is 3. The molecule has 1 aliphatic heterocycles. The van der Waals surface area contributed by atoms with E-state index in [1.54, 1.807) is 6.92 Å². The van der Waals surface area contributed by atoms with Crippen LogP contribution in [0.5, 0.6) is 5.75 Å². The summed E-state index contributed by atoms with van der Waals surface area (Å²) in [6, 6.07) is 2.90. The topological polar surface area (TPSA) is 87.3 Å². The molecular weight excluding hydrogens is 399 g/mol. The number of piperidine rings is 1. The van der Waals surface area contributed by atoms with Crippen molar-refractivity contribution in [2.75, 3.05) is 25.0 Å². The number of hydrogen-bond donors (Lipinski definition) is 2. The fourth-order valence-electron chi connectivity index (χ4n) is 3.84. The molecular formula is C20H22F3N5O2. The van der Waals surface area contributed by atoms with Crippen LogP contribution in [0.2, 0.25) is 0 Å². The zero-order valence-corrected chi connectivity index (χ0v) is 16.6. The fourth-order valence-corrected chi connectivity index (χ4v) is 3.84. The molecule has 2 N–H and O–H groups in total. The standard InChI is InChI=1S/C20H22F3N5O2/c1-3-28-8-4-5-13(10-28)24-19-16-11(2)27-30-18(16)17(25-26-19)14-7-6-12(9-15(14)29)20(21,22)23/h6-7,9,13,29H,3-5,8,10H2,1-2H3,(H,24,26)/t13-/m1/s1. The third-order valence-corrected chi connectivity index (χ3v) is 5.44. The van der Waals surface area contributed by atoms with Gasteiger partial charge in [-0.3, -0.25) is 0 Å². The molecule has 3 heterocycles. The molecule has 2 aromatic heterocycles. The van der Waals surface area contributed by atoms with Gasteiger partial charge >= 0.3 is 6.18 Å². The van der Waals surface area contributed by atoms with Crippen LogP contribution in [0.25, 0.3) is 22.2 Å². The van der Waals surface area contributed by atoms with Crippen molar-refractivity contribution in [1.29, 1.82) is 0 Å². The number of nitrogens with zero attached hydrogens (tertiary/aromatic N) is 4. The summed E-state index contributed by atoms with van der Waals surface area (Å²) >= 11 is 0. The number of aromatic nitrogens is 3. The number of likely N-dealkylation sites (N-methyl/N-ethyl adjacent to an activating group) is 1. The lowest BCUT2D eigenvalue weighted by Gasteiger charge is -2.32. The number of fused-ring (bicyclic) bond motifs is 1. The van der Waals surface area contributed by atoms with Crippen molar-refractivity contribution >= 4 is 16.8 Å². The number of benzene rings is 1. The molecule has 0 saturated carbocycles. The summed E-state index contributed by atoms with van der Waals surface area (Å²) in [7, 11) is 0. The van der Waals surface area contributed by atoms with E-state index >= 15 is 0 Å². The Balaban J connectivity index is 1.72. The highest BCUT2D eigenvalue weighted by Gasteiger charge is 2.32. The van der Waals surface area contributed by atoms with Gasteiger partial charge in [-0.2, -0.15) is 13.2 Å². The van der Waals surface area contributed by atoms with E-state index in [9.17, 15) is 18.3 Å². The Morgan fingerprint density at radius 1 is 1.30 bits per heavy atom. The lowest BCUT2D eigenvalue weighted by Crippen LogP contribution is -2.42. The van der Waals surface area contributed by atoms with Gasteiger partial charge in [0.25, 0.3) is 0 Å². The molecule has 0 radical (unpaired) electrons. The second-order valence-electron chi connectivity index (χ2n) is 7.48. The van der Waals surface area contributed by atoms with Crippen LogP contribution in [-0.4, -0.2) is 51.0 Å². The average Bonchev–Trinajstić information content (AvgIpc) is 3.10. The second kappa shape index (κ2) is 7.75. The predicted molar refractivity (Wildman–Crippen MR) is 105 cm³/mol. The van der Waals surface area contributed by atoms with Crippen LogP contribution in [-0.2, 0) is 6.18 Å². The van der Waals surface area contributed by atoms with E-state index in [1.807, 2.05) is 0 Å². The summed E-state index contributed by atoms with van der Waals surface area (Å²) in [6.45, 7) is 6.79. The number of aryl methyl sites for hydroxylation is 1. The molecule has 0 aliphatic carbocycles. The highest BCUT2D eigenvalue weighted by atomic mass is 19.4. The Kier molecular flexibility index (Phi) is 5.27. The Labute approximate surface area is 170 Å². The van der Waals surface area contributed by atoms with E-state index < -0.39 is 17.5 Å². The monoisotopic (exact) mass is 421 g/mol. The highest BCUT2D eigenvalue weighted by molar-refractivity contribution is 5.98. The first-order valence-electron chi connectivity index (χ1n) is 9.80. The summed E-state index contributed by atoms with van der Waals surface area (Å²) < 4.78 is 44.1. The molecule has 1 aliphatic rings. The van der Waals surface area contributed by atoms with Crippen LogP contribution in [0, 0.1) is 6.92 Å².